The summed E-state index contributed by atoms with van der Waals surface area (Å²) >= 11 is 0. The van der Waals surface area contributed by atoms with Gasteiger partial charge in [-0.3, -0.25) is 9.59 Å². The van der Waals surface area contributed by atoms with Gasteiger partial charge in [-0.15, -0.1) is 0 Å². The number of nitrogens with zero attached hydrogens (tertiary/aromatic N) is 4. The van der Waals surface area contributed by atoms with Crippen molar-refractivity contribution in [3.05, 3.63) is 29.3 Å². The van der Waals surface area contributed by atoms with Gasteiger partial charge in [0.25, 0.3) is 5.91 Å². The van der Waals surface area contributed by atoms with E-state index < -0.39 is 15.9 Å². The predicted molar refractivity (Wildman–Crippen MR) is 115 cm³/mol. The van der Waals surface area contributed by atoms with E-state index in [9.17, 15) is 18.0 Å². The Morgan fingerprint density at radius 3 is 2.47 bits per heavy atom. The molecule has 0 aromatic heterocycles. The van der Waals surface area contributed by atoms with Gasteiger partial charge in [0.1, 0.15) is 5.71 Å². The molecule has 8 nitrogen and oxygen atoms in total. The van der Waals surface area contributed by atoms with Crippen LogP contribution in [0.4, 0.5) is 5.69 Å². The number of carbonyl (C=O) groups excluding carboxylic acids is 2. The maximum Gasteiger partial charge on any atom is 0.270 e. The van der Waals surface area contributed by atoms with Crippen molar-refractivity contribution in [2.45, 2.75) is 39.2 Å². The molecule has 0 bridgehead atoms. The number of hydrogen-bond acceptors (Lipinski definition) is 6. The van der Waals surface area contributed by atoms with Crippen molar-refractivity contribution in [1.82, 2.24) is 9.91 Å². The van der Waals surface area contributed by atoms with Gasteiger partial charge in [-0.25, -0.2) is 13.4 Å². The molecule has 0 saturated carbocycles. The molecule has 0 spiro atoms. The van der Waals surface area contributed by atoms with Crippen LogP contribution in [0.15, 0.2) is 23.3 Å². The number of sulfone groups is 1. The highest BCUT2D eigenvalue weighted by atomic mass is 32.2. The van der Waals surface area contributed by atoms with Crippen molar-refractivity contribution in [1.29, 1.82) is 0 Å². The summed E-state index contributed by atoms with van der Waals surface area (Å²) in [6.07, 6.45) is 0.891. The summed E-state index contributed by atoms with van der Waals surface area (Å²) in [6.45, 7) is 6.85. The third-order valence-electron chi connectivity index (χ3n) is 6.12. The van der Waals surface area contributed by atoms with Gasteiger partial charge in [-0.1, -0.05) is 17.7 Å². The third-order valence-corrected chi connectivity index (χ3v) is 7.87. The SMILES string of the molecule is Cc1ccc(N2CCN(C(=O)C3=NN([C@H]4CCS(=O)(=O)C4)C(=O)CC3)CC2)c(C)c1. The lowest BCUT2D eigenvalue weighted by Gasteiger charge is -2.37. The molecule has 1 aromatic rings. The quantitative estimate of drug-likeness (QED) is 0.714. The molecule has 162 valence electrons. The second-order valence-electron chi connectivity index (χ2n) is 8.41. The van der Waals surface area contributed by atoms with Crippen molar-refractivity contribution in [2.24, 2.45) is 5.10 Å². The van der Waals surface area contributed by atoms with Gasteiger partial charge in [0.2, 0.25) is 5.91 Å². The summed E-state index contributed by atoms with van der Waals surface area (Å²) in [5.41, 5.74) is 4.02. The smallest absolute Gasteiger partial charge is 0.270 e. The number of aryl methyl sites for hydroxylation is 2. The Morgan fingerprint density at radius 2 is 1.83 bits per heavy atom. The molecule has 30 heavy (non-hydrogen) atoms. The molecule has 4 rings (SSSR count). The van der Waals surface area contributed by atoms with Crippen LogP contribution in [0, 0.1) is 13.8 Å². The zero-order chi connectivity index (χ0) is 21.5. The molecule has 1 atom stereocenters. The van der Waals surface area contributed by atoms with Crippen LogP contribution in [-0.4, -0.2) is 79.6 Å². The van der Waals surface area contributed by atoms with Crippen LogP contribution in [0.1, 0.15) is 30.4 Å². The van der Waals surface area contributed by atoms with Crippen LogP contribution in [0.3, 0.4) is 0 Å². The Hall–Kier alpha value is -2.42. The first-order chi connectivity index (χ1) is 14.2. The Morgan fingerprint density at radius 1 is 1.10 bits per heavy atom. The highest BCUT2D eigenvalue weighted by Gasteiger charge is 2.38. The van der Waals surface area contributed by atoms with E-state index in [-0.39, 0.29) is 29.7 Å². The molecule has 2 fully saturated rings. The predicted octanol–water partition coefficient (Wildman–Crippen LogP) is 1.12. The zero-order valence-electron chi connectivity index (χ0n) is 17.5. The summed E-state index contributed by atoms with van der Waals surface area (Å²) in [4.78, 5) is 29.4. The van der Waals surface area contributed by atoms with Crippen LogP contribution in [0.25, 0.3) is 0 Å². The summed E-state index contributed by atoms with van der Waals surface area (Å²) in [5, 5.41) is 5.57. The number of hydrazone groups is 1. The van der Waals surface area contributed by atoms with E-state index in [0.717, 1.165) is 13.1 Å². The normalized spacial score (nSPS) is 24.2. The molecule has 2 saturated heterocycles. The molecule has 3 aliphatic heterocycles. The molecule has 9 heteroatoms. The lowest BCUT2D eigenvalue weighted by molar-refractivity contribution is -0.134. The zero-order valence-corrected chi connectivity index (χ0v) is 18.3. The number of benzene rings is 1. The highest BCUT2D eigenvalue weighted by Crippen LogP contribution is 2.24. The van der Waals surface area contributed by atoms with Crippen molar-refractivity contribution in [3.63, 3.8) is 0 Å². The van der Waals surface area contributed by atoms with Crippen LogP contribution in [-0.2, 0) is 19.4 Å². The molecule has 0 aliphatic carbocycles. The Kier molecular flexibility index (Phi) is 5.57. The minimum absolute atomic E-state index is 0.0701. The molecule has 2 amide bonds. The molecular formula is C21H28N4O4S. The average Bonchev–Trinajstić information content (AvgIpc) is 3.07. The lowest BCUT2D eigenvalue weighted by Crippen LogP contribution is -2.52. The molecule has 0 N–H and O–H groups in total. The topological polar surface area (TPSA) is 90.4 Å². The average molecular weight is 433 g/mol. The Balaban J connectivity index is 1.42. The van der Waals surface area contributed by atoms with Gasteiger partial charge in [0, 0.05) is 44.7 Å². The van der Waals surface area contributed by atoms with Crippen LogP contribution < -0.4 is 4.90 Å². The van der Waals surface area contributed by atoms with E-state index >= 15 is 0 Å². The fourth-order valence-electron chi connectivity index (χ4n) is 4.47. The number of anilines is 1. The summed E-state index contributed by atoms with van der Waals surface area (Å²) in [6, 6.07) is 5.95. The van der Waals surface area contributed by atoms with E-state index in [1.54, 1.807) is 4.90 Å². The van der Waals surface area contributed by atoms with Crippen molar-refractivity contribution in [2.75, 3.05) is 42.6 Å². The van der Waals surface area contributed by atoms with E-state index in [4.69, 9.17) is 0 Å². The lowest BCUT2D eigenvalue weighted by atomic mass is 10.1. The van der Waals surface area contributed by atoms with Gasteiger partial charge in [-0.2, -0.15) is 5.10 Å². The number of piperazine rings is 1. The van der Waals surface area contributed by atoms with Gasteiger partial charge in [0.15, 0.2) is 9.84 Å². The molecular weight excluding hydrogens is 404 g/mol. The van der Waals surface area contributed by atoms with E-state index in [1.165, 1.54) is 21.8 Å². The summed E-state index contributed by atoms with van der Waals surface area (Å²) in [5.74, 6) is -0.346. The standard InChI is InChI=1S/C21H28N4O4S/c1-15-3-5-19(16(2)13-15)23-8-10-24(11-9-23)21(27)18-4-6-20(26)25(22-18)17-7-12-30(28,29)14-17/h3,5,13,17H,4,6-12,14H2,1-2H3/t17-/m0/s1. The van der Waals surface area contributed by atoms with Gasteiger partial charge in [0.05, 0.1) is 17.5 Å². The van der Waals surface area contributed by atoms with Crippen molar-refractivity contribution in [3.8, 4) is 0 Å². The van der Waals surface area contributed by atoms with Gasteiger partial charge < -0.3 is 9.80 Å². The van der Waals surface area contributed by atoms with Crippen molar-refractivity contribution < 1.29 is 18.0 Å². The summed E-state index contributed by atoms with van der Waals surface area (Å²) in [7, 11) is -3.13. The molecule has 3 aliphatic rings. The summed E-state index contributed by atoms with van der Waals surface area (Å²) < 4.78 is 23.6. The first-order valence-corrected chi connectivity index (χ1v) is 12.3. The van der Waals surface area contributed by atoms with Crippen LogP contribution >= 0.6 is 0 Å². The van der Waals surface area contributed by atoms with E-state index in [2.05, 4.69) is 42.0 Å². The van der Waals surface area contributed by atoms with E-state index in [1.807, 2.05) is 0 Å². The second kappa shape index (κ2) is 8.02. The first kappa shape index (κ1) is 20.8. The first-order valence-electron chi connectivity index (χ1n) is 10.4. The highest BCUT2D eigenvalue weighted by molar-refractivity contribution is 7.91. The van der Waals surface area contributed by atoms with Gasteiger partial charge in [-0.05, 0) is 31.9 Å². The second-order valence-corrected chi connectivity index (χ2v) is 10.6. The fraction of sp³-hybridized carbons (Fsp3) is 0.571. The van der Waals surface area contributed by atoms with Crippen molar-refractivity contribution >= 4 is 33.1 Å². The molecule has 1 aromatic carbocycles. The number of carbonyl (C=O) groups is 2. The monoisotopic (exact) mass is 432 g/mol. The number of rotatable bonds is 3. The number of hydrogen-bond donors (Lipinski definition) is 0. The van der Waals surface area contributed by atoms with Gasteiger partial charge >= 0.3 is 0 Å². The molecule has 0 unspecified atom stereocenters. The Bertz CT molecular complexity index is 996. The minimum Gasteiger partial charge on any atom is -0.368 e. The van der Waals surface area contributed by atoms with Crippen LogP contribution in [0.2, 0.25) is 0 Å². The maximum absolute atomic E-state index is 13.0. The maximum atomic E-state index is 13.0. The minimum atomic E-state index is -3.13. The third kappa shape index (κ3) is 4.21. The number of amides is 2. The fourth-order valence-corrected chi connectivity index (χ4v) is 6.16. The van der Waals surface area contributed by atoms with Crippen LogP contribution in [0.5, 0.6) is 0 Å². The van der Waals surface area contributed by atoms with E-state index in [0.29, 0.717) is 31.6 Å². The molecule has 3 heterocycles. The molecule has 0 radical (unpaired) electrons. The Labute approximate surface area is 177 Å². The largest absolute Gasteiger partial charge is 0.368 e.